The highest BCUT2D eigenvalue weighted by atomic mass is 16.3. The number of furan rings is 1. The van der Waals surface area contributed by atoms with Crippen molar-refractivity contribution in [3.63, 3.8) is 0 Å². The summed E-state index contributed by atoms with van der Waals surface area (Å²) in [6, 6.07) is 4.05. The Morgan fingerprint density at radius 3 is 3.00 bits per heavy atom. The molecule has 1 aromatic heterocycles. The third-order valence-electron chi connectivity index (χ3n) is 2.98. The predicted octanol–water partition coefficient (Wildman–Crippen LogP) is 1.28. The minimum absolute atomic E-state index is 0.0236. The second kappa shape index (κ2) is 4.70. The second-order valence-corrected chi connectivity index (χ2v) is 4.51. The third-order valence-corrected chi connectivity index (χ3v) is 2.98. The van der Waals surface area contributed by atoms with Crippen molar-refractivity contribution in [2.24, 2.45) is 5.92 Å². The molecule has 0 bridgehead atoms. The van der Waals surface area contributed by atoms with Crippen LogP contribution in [-0.2, 0) is 11.3 Å². The van der Waals surface area contributed by atoms with Gasteiger partial charge in [-0.2, -0.15) is 0 Å². The first-order valence-corrected chi connectivity index (χ1v) is 5.73. The van der Waals surface area contributed by atoms with Gasteiger partial charge in [-0.15, -0.1) is 0 Å². The van der Waals surface area contributed by atoms with Crippen LogP contribution in [0.15, 0.2) is 22.8 Å². The van der Waals surface area contributed by atoms with Crippen LogP contribution < -0.4 is 10.6 Å². The summed E-state index contributed by atoms with van der Waals surface area (Å²) in [5.41, 5.74) is 0. The summed E-state index contributed by atoms with van der Waals surface area (Å²) in [5.74, 6) is 1.51. The maximum absolute atomic E-state index is 11.7. The topological polar surface area (TPSA) is 54.3 Å². The van der Waals surface area contributed by atoms with Crippen molar-refractivity contribution in [2.75, 3.05) is 0 Å². The zero-order valence-corrected chi connectivity index (χ0v) is 9.69. The molecule has 2 rings (SSSR count). The Morgan fingerprint density at radius 1 is 1.69 bits per heavy atom. The number of carbonyl (C=O) groups excluding carboxylic acids is 1. The maximum atomic E-state index is 11.7. The van der Waals surface area contributed by atoms with E-state index in [0.29, 0.717) is 18.5 Å². The Bertz CT molecular complexity index is 348. The molecule has 3 unspecified atom stereocenters. The molecular weight excluding hydrogens is 204 g/mol. The van der Waals surface area contributed by atoms with Gasteiger partial charge in [-0.3, -0.25) is 4.79 Å². The lowest BCUT2D eigenvalue weighted by Gasteiger charge is -2.13. The van der Waals surface area contributed by atoms with Crippen molar-refractivity contribution in [2.45, 2.75) is 38.9 Å². The first-order valence-electron chi connectivity index (χ1n) is 5.73. The van der Waals surface area contributed by atoms with E-state index in [1.54, 1.807) is 6.26 Å². The molecule has 0 aromatic carbocycles. The Kier molecular flexibility index (Phi) is 3.29. The predicted molar refractivity (Wildman–Crippen MR) is 60.7 cm³/mol. The van der Waals surface area contributed by atoms with Crippen molar-refractivity contribution in [1.82, 2.24) is 10.6 Å². The molecule has 2 N–H and O–H groups in total. The number of carbonyl (C=O) groups is 1. The molecule has 1 aromatic rings. The highest BCUT2D eigenvalue weighted by Crippen LogP contribution is 2.29. The Morgan fingerprint density at radius 2 is 2.44 bits per heavy atom. The fourth-order valence-electron chi connectivity index (χ4n) is 1.69. The van der Waals surface area contributed by atoms with Gasteiger partial charge in [0.05, 0.1) is 18.8 Å². The SMILES string of the molecule is CC(NC1CC1C)C(=O)NCc1ccco1. The number of amides is 1. The first kappa shape index (κ1) is 11.2. The van der Waals surface area contributed by atoms with Crippen molar-refractivity contribution < 1.29 is 9.21 Å². The smallest absolute Gasteiger partial charge is 0.237 e. The largest absolute Gasteiger partial charge is 0.467 e. The minimum atomic E-state index is -0.134. The van der Waals surface area contributed by atoms with Gasteiger partial charge in [0.1, 0.15) is 5.76 Å². The lowest BCUT2D eigenvalue weighted by atomic mass is 10.3. The van der Waals surface area contributed by atoms with Crippen LogP contribution in [-0.4, -0.2) is 18.0 Å². The second-order valence-electron chi connectivity index (χ2n) is 4.51. The van der Waals surface area contributed by atoms with Crippen LogP contribution in [0.5, 0.6) is 0 Å². The van der Waals surface area contributed by atoms with Crippen LogP contribution in [0.4, 0.5) is 0 Å². The van der Waals surface area contributed by atoms with Gasteiger partial charge in [-0.25, -0.2) is 0 Å². The maximum Gasteiger partial charge on any atom is 0.237 e. The molecule has 0 spiro atoms. The molecule has 0 saturated heterocycles. The van der Waals surface area contributed by atoms with Gasteiger partial charge < -0.3 is 15.1 Å². The molecule has 1 saturated carbocycles. The molecule has 88 valence electrons. The summed E-state index contributed by atoms with van der Waals surface area (Å²) in [6.45, 7) is 4.53. The van der Waals surface area contributed by atoms with Gasteiger partial charge in [0.25, 0.3) is 0 Å². The summed E-state index contributed by atoms with van der Waals surface area (Å²) >= 11 is 0. The lowest BCUT2D eigenvalue weighted by Crippen LogP contribution is -2.43. The first-order chi connectivity index (χ1) is 7.66. The van der Waals surface area contributed by atoms with Crippen molar-refractivity contribution in [3.05, 3.63) is 24.2 Å². The third kappa shape index (κ3) is 2.85. The number of nitrogens with one attached hydrogen (secondary N) is 2. The van der Waals surface area contributed by atoms with Crippen LogP contribution in [0.3, 0.4) is 0 Å². The van der Waals surface area contributed by atoms with Crippen molar-refractivity contribution in [1.29, 1.82) is 0 Å². The van der Waals surface area contributed by atoms with E-state index in [1.807, 2.05) is 19.1 Å². The van der Waals surface area contributed by atoms with Gasteiger partial charge >= 0.3 is 0 Å². The van der Waals surface area contributed by atoms with Gasteiger partial charge in [0.15, 0.2) is 0 Å². The van der Waals surface area contributed by atoms with Crippen molar-refractivity contribution >= 4 is 5.91 Å². The normalized spacial score (nSPS) is 25.1. The molecular formula is C12H18N2O2. The molecule has 0 radical (unpaired) electrons. The van der Waals surface area contributed by atoms with Crippen LogP contribution in [0.1, 0.15) is 26.0 Å². The number of hydrogen-bond acceptors (Lipinski definition) is 3. The monoisotopic (exact) mass is 222 g/mol. The standard InChI is InChI=1S/C12H18N2O2/c1-8-6-11(8)14-9(2)12(15)13-7-10-4-3-5-16-10/h3-5,8-9,11,14H,6-7H2,1-2H3,(H,13,15). The molecule has 1 aliphatic carbocycles. The van der Waals surface area contributed by atoms with E-state index >= 15 is 0 Å². The highest BCUT2D eigenvalue weighted by Gasteiger charge is 2.34. The molecule has 1 aliphatic rings. The zero-order valence-electron chi connectivity index (χ0n) is 9.69. The summed E-state index contributed by atoms with van der Waals surface area (Å²) in [5, 5.41) is 6.13. The van der Waals surface area contributed by atoms with Gasteiger partial charge in [-0.1, -0.05) is 6.92 Å². The molecule has 1 amide bonds. The Labute approximate surface area is 95.4 Å². The highest BCUT2D eigenvalue weighted by molar-refractivity contribution is 5.81. The summed E-state index contributed by atoms with van der Waals surface area (Å²) in [6.07, 6.45) is 2.78. The van der Waals surface area contributed by atoms with Crippen LogP contribution in [0.2, 0.25) is 0 Å². The summed E-state index contributed by atoms with van der Waals surface area (Å²) < 4.78 is 5.14. The molecule has 1 heterocycles. The fraction of sp³-hybridized carbons (Fsp3) is 0.583. The summed E-state index contributed by atoms with van der Waals surface area (Å²) in [4.78, 5) is 11.7. The average Bonchev–Trinajstić information content (AvgIpc) is 2.78. The van der Waals surface area contributed by atoms with E-state index in [9.17, 15) is 4.79 Å². The quantitative estimate of drug-likeness (QED) is 0.789. The van der Waals surface area contributed by atoms with Crippen LogP contribution in [0.25, 0.3) is 0 Å². The fourth-order valence-corrected chi connectivity index (χ4v) is 1.69. The number of rotatable bonds is 5. The lowest BCUT2D eigenvalue weighted by molar-refractivity contribution is -0.123. The average molecular weight is 222 g/mol. The summed E-state index contributed by atoms with van der Waals surface area (Å²) in [7, 11) is 0. The molecule has 3 atom stereocenters. The van der Waals surface area contributed by atoms with E-state index in [2.05, 4.69) is 17.6 Å². The van der Waals surface area contributed by atoms with E-state index in [4.69, 9.17) is 4.42 Å². The minimum Gasteiger partial charge on any atom is -0.467 e. The molecule has 0 aliphatic heterocycles. The van der Waals surface area contributed by atoms with Gasteiger partial charge in [-0.05, 0) is 31.4 Å². The molecule has 4 heteroatoms. The van der Waals surface area contributed by atoms with E-state index < -0.39 is 0 Å². The van der Waals surface area contributed by atoms with E-state index in [-0.39, 0.29) is 11.9 Å². The van der Waals surface area contributed by atoms with E-state index in [0.717, 1.165) is 5.76 Å². The Balaban J connectivity index is 1.70. The van der Waals surface area contributed by atoms with Crippen molar-refractivity contribution in [3.8, 4) is 0 Å². The Hall–Kier alpha value is -1.29. The van der Waals surface area contributed by atoms with E-state index in [1.165, 1.54) is 6.42 Å². The molecule has 4 nitrogen and oxygen atoms in total. The molecule has 16 heavy (non-hydrogen) atoms. The van der Waals surface area contributed by atoms with Crippen LogP contribution >= 0.6 is 0 Å². The van der Waals surface area contributed by atoms with Gasteiger partial charge in [0, 0.05) is 6.04 Å². The van der Waals surface area contributed by atoms with Gasteiger partial charge in [0.2, 0.25) is 5.91 Å². The molecule has 1 fully saturated rings. The number of hydrogen-bond donors (Lipinski definition) is 2. The van der Waals surface area contributed by atoms with Crippen LogP contribution in [0, 0.1) is 5.92 Å². The zero-order chi connectivity index (χ0) is 11.5.